The van der Waals surface area contributed by atoms with Gasteiger partial charge in [0.05, 0.1) is 5.56 Å². The van der Waals surface area contributed by atoms with Gasteiger partial charge in [-0.05, 0) is 23.8 Å². The van der Waals surface area contributed by atoms with Crippen LogP contribution in [0.3, 0.4) is 0 Å². The standard InChI is InChI=1S/C16H19F3N2O3/c17-16(18,19)12-7-11(10-21-5-3-20-4-6-21)8-13(9-12)24-15(1-2-15)14(22)23/h7-9,20H,1-6,10H2,(H,22,23). The van der Waals surface area contributed by atoms with Crippen molar-refractivity contribution in [3.05, 3.63) is 29.3 Å². The molecule has 8 heteroatoms. The molecule has 1 aliphatic heterocycles. The Bertz CT molecular complexity index is 623. The van der Waals surface area contributed by atoms with Gasteiger partial charge in [0.25, 0.3) is 0 Å². The molecule has 0 radical (unpaired) electrons. The van der Waals surface area contributed by atoms with Gasteiger partial charge < -0.3 is 15.2 Å². The predicted molar refractivity (Wildman–Crippen MR) is 79.8 cm³/mol. The van der Waals surface area contributed by atoms with Gasteiger partial charge in [0, 0.05) is 45.6 Å². The van der Waals surface area contributed by atoms with Crippen LogP contribution in [0, 0.1) is 0 Å². The molecule has 3 rings (SSSR count). The summed E-state index contributed by atoms with van der Waals surface area (Å²) in [6.45, 7) is 3.48. The van der Waals surface area contributed by atoms with Gasteiger partial charge in [-0.15, -0.1) is 0 Å². The highest BCUT2D eigenvalue weighted by molar-refractivity contribution is 5.81. The van der Waals surface area contributed by atoms with E-state index >= 15 is 0 Å². The minimum atomic E-state index is -4.50. The number of hydrogen-bond donors (Lipinski definition) is 2. The molecule has 0 unspecified atom stereocenters. The Morgan fingerprint density at radius 1 is 1.25 bits per heavy atom. The summed E-state index contributed by atoms with van der Waals surface area (Å²) in [5.41, 5.74) is -1.70. The summed E-state index contributed by atoms with van der Waals surface area (Å²) in [6, 6.07) is 3.50. The molecule has 2 aliphatic rings. The van der Waals surface area contributed by atoms with Crippen molar-refractivity contribution in [1.29, 1.82) is 0 Å². The summed E-state index contributed by atoms with van der Waals surface area (Å²) in [4.78, 5) is 13.3. The number of carboxylic acids is 1. The zero-order valence-corrected chi connectivity index (χ0v) is 13.0. The zero-order chi connectivity index (χ0) is 17.4. The number of hydrogen-bond acceptors (Lipinski definition) is 4. The van der Waals surface area contributed by atoms with E-state index in [0.717, 1.165) is 38.3 Å². The molecule has 1 aliphatic carbocycles. The highest BCUT2D eigenvalue weighted by Gasteiger charge is 2.53. The fourth-order valence-electron chi connectivity index (χ4n) is 2.80. The number of aliphatic carboxylic acids is 1. The number of benzene rings is 1. The highest BCUT2D eigenvalue weighted by Crippen LogP contribution is 2.42. The van der Waals surface area contributed by atoms with Crippen LogP contribution in [0.1, 0.15) is 24.0 Å². The van der Waals surface area contributed by atoms with Gasteiger partial charge in [-0.1, -0.05) is 0 Å². The summed E-state index contributed by atoms with van der Waals surface area (Å²) in [5, 5.41) is 12.3. The Hall–Kier alpha value is -1.80. The molecule has 0 bridgehead atoms. The van der Waals surface area contributed by atoms with Gasteiger partial charge in [0.2, 0.25) is 5.60 Å². The molecule has 2 fully saturated rings. The van der Waals surface area contributed by atoms with E-state index in [9.17, 15) is 18.0 Å². The first-order valence-corrected chi connectivity index (χ1v) is 7.85. The summed E-state index contributed by atoms with van der Waals surface area (Å²) in [6.07, 6.45) is -3.88. The summed E-state index contributed by atoms with van der Waals surface area (Å²) < 4.78 is 44.8. The van der Waals surface area contributed by atoms with Crippen LogP contribution in [0.5, 0.6) is 5.75 Å². The molecule has 1 aromatic rings. The average molecular weight is 344 g/mol. The van der Waals surface area contributed by atoms with E-state index < -0.39 is 23.3 Å². The van der Waals surface area contributed by atoms with E-state index in [4.69, 9.17) is 9.84 Å². The summed E-state index contributed by atoms with van der Waals surface area (Å²) in [5.74, 6) is -1.17. The lowest BCUT2D eigenvalue weighted by molar-refractivity contribution is -0.147. The molecule has 0 amide bonds. The maximum absolute atomic E-state index is 13.1. The number of carboxylic acid groups (broad SMARTS) is 1. The number of ether oxygens (including phenoxy) is 1. The monoisotopic (exact) mass is 344 g/mol. The molecule has 0 atom stereocenters. The molecule has 2 N–H and O–H groups in total. The van der Waals surface area contributed by atoms with Crippen molar-refractivity contribution in [2.75, 3.05) is 26.2 Å². The molecule has 24 heavy (non-hydrogen) atoms. The molecular weight excluding hydrogens is 325 g/mol. The van der Waals surface area contributed by atoms with Crippen LogP contribution in [0.25, 0.3) is 0 Å². The molecule has 1 heterocycles. The van der Waals surface area contributed by atoms with Crippen molar-refractivity contribution in [3.8, 4) is 5.75 Å². The topological polar surface area (TPSA) is 61.8 Å². The maximum Gasteiger partial charge on any atom is 0.416 e. The quantitative estimate of drug-likeness (QED) is 0.857. The number of rotatable bonds is 5. The average Bonchev–Trinajstić information content (AvgIpc) is 3.28. The van der Waals surface area contributed by atoms with Crippen molar-refractivity contribution in [2.45, 2.75) is 31.2 Å². The largest absolute Gasteiger partial charge is 0.478 e. The van der Waals surface area contributed by atoms with E-state index in [0.29, 0.717) is 24.9 Å². The SMILES string of the molecule is O=C(O)C1(Oc2cc(CN3CCNCC3)cc(C(F)(F)F)c2)CC1. The van der Waals surface area contributed by atoms with Crippen molar-refractivity contribution in [1.82, 2.24) is 10.2 Å². The van der Waals surface area contributed by atoms with E-state index in [-0.39, 0.29) is 5.75 Å². The number of carbonyl (C=O) groups is 1. The van der Waals surface area contributed by atoms with Gasteiger partial charge in [0.1, 0.15) is 5.75 Å². The lowest BCUT2D eigenvalue weighted by Gasteiger charge is -2.27. The Kier molecular flexibility index (Phi) is 4.44. The fraction of sp³-hybridized carbons (Fsp3) is 0.562. The van der Waals surface area contributed by atoms with Crippen LogP contribution in [-0.2, 0) is 17.5 Å². The number of alkyl halides is 3. The minimum absolute atomic E-state index is 0.0325. The third-order valence-corrected chi connectivity index (χ3v) is 4.32. The van der Waals surface area contributed by atoms with E-state index in [1.807, 2.05) is 0 Å². The highest BCUT2D eigenvalue weighted by atomic mass is 19.4. The van der Waals surface area contributed by atoms with E-state index in [1.54, 1.807) is 0 Å². The van der Waals surface area contributed by atoms with E-state index in [1.165, 1.54) is 6.07 Å². The van der Waals surface area contributed by atoms with E-state index in [2.05, 4.69) is 10.2 Å². The maximum atomic E-state index is 13.1. The van der Waals surface area contributed by atoms with Gasteiger partial charge >= 0.3 is 12.1 Å². The van der Waals surface area contributed by atoms with Crippen LogP contribution in [-0.4, -0.2) is 47.8 Å². The molecule has 1 saturated heterocycles. The van der Waals surface area contributed by atoms with Crippen molar-refractivity contribution in [3.63, 3.8) is 0 Å². The number of piperazine rings is 1. The second kappa shape index (κ2) is 6.25. The molecule has 5 nitrogen and oxygen atoms in total. The Morgan fingerprint density at radius 2 is 1.92 bits per heavy atom. The first-order chi connectivity index (χ1) is 11.3. The third kappa shape index (κ3) is 3.81. The Balaban J connectivity index is 1.84. The number of nitrogens with zero attached hydrogens (tertiary/aromatic N) is 1. The minimum Gasteiger partial charge on any atom is -0.478 e. The normalized spacial score (nSPS) is 20.6. The first kappa shape index (κ1) is 17.0. The van der Waals surface area contributed by atoms with Crippen molar-refractivity contribution < 1.29 is 27.8 Å². The van der Waals surface area contributed by atoms with Gasteiger partial charge in [-0.2, -0.15) is 13.2 Å². The second-order valence-electron chi connectivity index (χ2n) is 6.29. The molecule has 1 saturated carbocycles. The van der Waals surface area contributed by atoms with Crippen LogP contribution < -0.4 is 10.1 Å². The molecule has 1 aromatic carbocycles. The lowest BCUT2D eigenvalue weighted by Crippen LogP contribution is -2.42. The molecular formula is C16H19F3N2O3. The summed E-state index contributed by atoms with van der Waals surface area (Å²) in [7, 11) is 0. The molecule has 0 aromatic heterocycles. The van der Waals surface area contributed by atoms with Crippen molar-refractivity contribution >= 4 is 5.97 Å². The van der Waals surface area contributed by atoms with Crippen LogP contribution in [0.15, 0.2) is 18.2 Å². The van der Waals surface area contributed by atoms with Gasteiger partial charge in [-0.3, -0.25) is 4.90 Å². The second-order valence-corrected chi connectivity index (χ2v) is 6.29. The third-order valence-electron chi connectivity index (χ3n) is 4.32. The number of halogens is 3. The van der Waals surface area contributed by atoms with Gasteiger partial charge in [0.15, 0.2) is 0 Å². The van der Waals surface area contributed by atoms with Crippen LogP contribution >= 0.6 is 0 Å². The first-order valence-electron chi connectivity index (χ1n) is 7.85. The lowest BCUT2D eigenvalue weighted by atomic mass is 10.1. The van der Waals surface area contributed by atoms with Crippen molar-refractivity contribution in [2.24, 2.45) is 0 Å². The summed E-state index contributed by atoms with van der Waals surface area (Å²) >= 11 is 0. The number of nitrogens with one attached hydrogen (secondary N) is 1. The van der Waals surface area contributed by atoms with Crippen LogP contribution in [0.2, 0.25) is 0 Å². The molecule has 132 valence electrons. The van der Waals surface area contributed by atoms with Crippen LogP contribution in [0.4, 0.5) is 13.2 Å². The zero-order valence-electron chi connectivity index (χ0n) is 13.0. The Labute approximate surface area is 137 Å². The smallest absolute Gasteiger partial charge is 0.416 e. The Morgan fingerprint density at radius 3 is 2.46 bits per heavy atom. The fourth-order valence-corrected chi connectivity index (χ4v) is 2.80. The molecule has 0 spiro atoms. The van der Waals surface area contributed by atoms with Gasteiger partial charge in [-0.25, -0.2) is 4.79 Å². The predicted octanol–water partition coefficient (Wildman–Crippen LogP) is 2.11.